The summed E-state index contributed by atoms with van der Waals surface area (Å²) in [6.45, 7) is 7.35. The smallest absolute Gasteiger partial charge is 0.354 e. The molecule has 9 heteroatoms. The maximum absolute atomic E-state index is 12.9. The number of likely N-dealkylation sites (tertiary alicyclic amines) is 1. The summed E-state index contributed by atoms with van der Waals surface area (Å²) in [5, 5.41) is 12.5. The molecule has 0 spiro atoms. The SMILES string of the molecule is Cc1cc(C)cc(Nc2ncc3c(n2)CCN(C2CCN(C(=O)c4ccnc(C(=O)O)c4)CC2)CC3)c1. The first kappa shape index (κ1) is 24.8. The van der Waals surface area contributed by atoms with Crippen LogP contribution in [-0.4, -0.2) is 74.0 Å². The summed E-state index contributed by atoms with van der Waals surface area (Å²) in [6.07, 6.45) is 6.90. The van der Waals surface area contributed by atoms with Crippen LogP contribution >= 0.6 is 0 Å². The van der Waals surface area contributed by atoms with Crippen LogP contribution in [0.1, 0.15) is 56.1 Å². The van der Waals surface area contributed by atoms with E-state index in [4.69, 9.17) is 10.1 Å². The number of aromatic carboxylic acids is 1. The number of amides is 1. The molecule has 1 amide bonds. The van der Waals surface area contributed by atoms with Crippen molar-refractivity contribution < 1.29 is 14.7 Å². The van der Waals surface area contributed by atoms with Crippen LogP contribution in [0.15, 0.2) is 42.7 Å². The minimum atomic E-state index is -1.13. The van der Waals surface area contributed by atoms with Crippen LogP contribution in [0, 0.1) is 13.8 Å². The zero-order valence-corrected chi connectivity index (χ0v) is 21.3. The number of carbonyl (C=O) groups excluding carboxylic acids is 1. The quantitative estimate of drug-likeness (QED) is 0.546. The molecule has 2 aromatic heterocycles. The third-order valence-corrected chi connectivity index (χ3v) is 7.23. The summed E-state index contributed by atoms with van der Waals surface area (Å²) in [7, 11) is 0. The number of pyridine rings is 1. The van der Waals surface area contributed by atoms with Crippen molar-refractivity contribution in [3.05, 3.63) is 76.4 Å². The van der Waals surface area contributed by atoms with E-state index in [-0.39, 0.29) is 11.6 Å². The van der Waals surface area contributed by atoms with Crippen LogP contribution in [0.5, 0.6) is 0 Å². The molecule has 1 fully saturated rings. The maximum Gasteiger partial charge on any atom is 0.354 e. The number of piperidine rings is 1. The molecule has 1 saturated heterocycles. The van der Waals surface area contributed by atoms with E-state index in [2.05, 4.69) is 52.2 Å². The number of rotatable bonds is 5. The van der Waals surface area contributed by atoms with Crippen molar-refractivity contribution >= 4 is 23.5 Å². The lowest BCUT2D eigenvalue weighted by Crippen LogP contribution is -2.47. The van der Waals surface area contributed by atoms with Crippen LogP contribution in [0.25, 0.3) is 0 Å². The number of carboxylic acids is 1. The van der Waals surface area contributed by atoms with Gasteiger partial charge in [0.25, 0.3) is 5.91 Å². The average molecular weight is 501 g/mol. The Morgan fingerprint density at radius 1 is 0.973 bits per heavy atom. The summed E-state index contributed by atoms with van der Waals surface area (Å²) in [4.78, 5) is 41.7. The van der Waals surface area contributed by atoms with E-state index in [1.165, 1.54) is 29.0 Å². The predicted octanol–water partition coefficient (Wildman–Crippen LogP) is 3.64. The minimum Gasteiger partial charge on any atom is -0.477 e. The number of nitrogens with one attached hydrogen (secondary N) is 1. The molecule has 2 aliphatic rings. The lowest BCUT2D eigenvalue weighted by molar-refractivity contribution is 0.0624. The highest BCUT2D eigenvalue weighted by Crippen LogP contribution is 2.24. The highest BCUT2D eigenvalue weighted by Gasteiger charge is 2.29. The fraction of sp³-hybridized carbons (Fsp3) is 0.393. The van der Waals surface area contributed by atoms with Crippen molar-refractivity contribution in [2.75, 3.05) is 31.5 Å². The second-order valence-electron chi connectivity index (χ2n) is 9.96. The lowest BCUT2D eigenvalue weighted by atomic mass is 10.0. The van der Waals surface area contributed by atoms with Gasteiger partial charge in [0.1, 0.15) is 5.69 Å². The van der Waals surface area contributed by atoms with E-state index in [1.807, 2.05) is 11.1 Å². The van der Waals surface area contributed by atoms with Gasteiger partial charge in [0.2, 0.25) is 5.95 Å². The molecule has 3 aromatic rings. The molecule has 0 atom stereocenters. The summed E-state index contributed by atoms with van der Waals surface area (Å²) in [5.74, 6) is -0.634. The van der Waals surface area contributed by atoms with Crippen LogP contribution in [0.3, 0.4) is 0 Å². The Balaban J connectivity index is 1.18. The van der Waals surface area contributed by atoms with Crippen LogP contribution in [-0.2, 0) is 12.8 Å². The molecule has 4 heterocycles. The molecule has 2 N–H and O–H groups in total. The first-order valence-electron chi connectivity index (χ1n) is 12.8. The van der Waals surface area contributed by atoms with Crippen LogP contribution < -0.4 is 5.32 Å². The number of aromatic nitrogens is 3. The number of fused-ring (bicyclic) bond motifs is 1. The van der Waals surface area contributed by atoms with Gasteiger partial charge < -0.3 is 15.3 Å². The number of carboxylic acid groups (broad SMARTS) is 1. The monoisotopic (exact) mass is 500 g/mol. The first-order chi connectivity index (χ1) is 17.9. The molecular weight excluding hydrogens is 468 g/mol. The number of aryl methyl sites for hydroxylation is 2. The van der Waals surface area contributed by atoms with E-state index in [0.717, 1.165) is 50.2 Å². The molecule has 0 unspecified atom stereocenters. The normalized spacial score (nSPS) is 16.6. The molecule has 0 aliphatic carbocycles. The van der Waals surface area contributed by atoms with Crippen molar-refractivity contribution in [3.63, 3.8) is 0 Å². The number of benzene rings is 1. The highest BCUT2D eigenvalue weighted by molar-refractivity contribution is 5.96. The molecule has 5 rings (SSSR count). The molecule has 0 saturated carbocycles. The van der Waals surface area contributed by atoms with E-state index in [1.54, 1.807) is 6.07 Å². The van der Waals surface area contributed by atoms with Crippen molar-refractivity contribution in [2.45, 2.75) is 45.6 Å². The molecule has 9 nitrogen and oxygen atoms in total. The Labute approximate surface area is 216 Å². The Hall–Kier alpha value is -3.85. The third kappa shape index (κ3) is 5.77. The van der Waals surface area contributed by atoms with Crippen molar-refractivity contribution in [2.24, 2.45) is 0 Å². The number of nitrogens with zero attached hydrogens (tertiary/aromatic N) is 5. The zero-order chi connectivity index (χ0) is 25.9. The van der Waals surface area contributed by atoms with Gasteiger partial charge >= 0.3 is 5.97 Å². The molecule has 37 heavy (non-hydrogen) atoms. The number of anilines is 2. The second-order valence-corrected chi connectivity index (χ2v) is 9.96. The van der Waals surface area contributed by atoms with Gasteiger partial charge in [-0.3, -0.25) is 9.69 Å². The Kier molecular flexibility index (Phi) is 7.14. The average Bonchev–Trinajstić information content (AvgIpc) is 3.10. The van der Waals surface area contributed by atoms with Gasteiger partial charge in [-0.05, 0) is 74.1 Å². The van der Waals surface area contributed by atoms with E-state index in [9.17, 15) is 9.59 Å². The number of hydrogen-bond acceptors (Lipinski definition) is 7. The zero-order valence-electron chi connectivity index (χ0n) is 21.3. The van der Waals surface area contributed by atoms with Gasteiger partial charge in [-0.25, -0.2) is 19.7 Å². The summed E-state index contributed by atoms with van der Waals surface area (Å²) in [6, 6.07) is 9.68. The topological polar surface area (TPSA) is 112 Å². The van der Waals surface area contributed by atoms with Gasteiger partial charge in [0.15, 0.2) is 0 Å². The Bertz CT molecular complexity index is 1300. The van der Waals surface area contributed by atoms with Gasteiger partial charge in [0.05, 0.1) is 5.69 Å². The number of hydrogen-bond donors (Lipinski definition) is 2. The van der Waals surface area contributed by atoms with Gasteiger partial charge in [-0.2, -0.15) is 0 Å². The minimum absolute atomic E-state index is 0.111. The molecule has 0 bridgehead atoms. The van der Waals surface area contributed by atoms with Gasteiger partial charge in [-0.15, -0.1) is 0 Å². The van der Waals surface area contributed by atoms with Crippen LogP contribution in [0.2, 0.25) is 0 Å². The Morgan fingerprint density at radius 2 is 1.70 bits per heavy atom. The molecule has 2 aliphatic heterocycles. The molecular formula is C28H32N6O3. The molecule has 0 radical (unpaired) electrons. The van der Waals surface area contributed by atoms with Crippen molar-refractivity contribution in [1.82, 2.24) is 24.8 Å². The largest absolute Gasteiger partial charge is 0.477 e. The molecule has 1 aromatic carbocycles. The van der Waals surface area contributed by atoms with Crippen molar-refractivity contribution in [3.8, 4) is 0 Å². The lowest BCUT2D eigenvalue weighted by Gasteiger charge is -2.38. The summed E-state index contributed by atoms with van der Waals surface area (Å²) in [5.41, 5.74) is 5.97. The number of carbonyl (C=O) groups is 2. The van der Waals surface area contributed by atoms with E-state index >= 15 is 0 Å². The Morgan fingerprint density at radius 3 is 2.43 bits per heavy atom. The fourth-order valence-electron chi connectivity index (χ4n) is 5.39. The second kappa shape index (κ2) is 10.6. The molecule has 192 valence electrons. The summed E-state index contributed by atoms with van der Waals surface area (Å²) < 4.78 is 0. The van der Waals surface area contributed by atoms with Gasteiger partial charge in [-0.1, -0.05) is 6.07 Å². The van der Waals surface area contributed by atoms with Crippen molar-refractivity contribution in [1.29, 1.82) is 0 Å². The fourth-order valence-corrected chi connectivity index (χ4v) is 5.39. The standard InChI is InChI=1S/C28H32N6O3/c1-18-13-19(2)15-22(14-18)31-28-30-17-21-4-9-33(12-7-24(21)32-28)23-5-10-34(11-6-23)26(35)20-3-8-29-25(16-20)27(36)37/h3,8,13-17,23H,4-7,9-12H2,1-2H3,(H,36,37)(H,30,31,32). The van der Waals surface area contributed by atoms with E-state index < -0.39 is 5.97 Å². The first-order valence-corrected chi connectivity index (χ1v) is 12.8. The summed E-state index contributed by atoms with van der Waals surface area (Å²) >= 11 is 0. The van der Waals surface area contributed by atoms with Gasteiger partial charge in [0, 0.05) is 62.3 Å². The van der Waals surface area contributed by atoms with Crippen LogP contribution in [0.4, 0.5) is 11.6 Å². The highest BCUT2D eigenvalue weighted by atomic mass is 16.4. The van der Waals surface area contributed by atoms with E-state index in [0.29, 0.717) is 30.6 Å². The predicted molar refractivity (Wildman–Crippen MR) is 140 cm³/mol. The maximum atomic E-state index is 12.9. The third-order valence-electron chi connectivity index (χ3n) is 7.23.